The molecule has 88 valence electrons. The number of hydrogen-bond acceptors (Lipinski definition) is 2. The average molecular weight is 251 g/mol. The number of nitrogens with zero attached hydrogens (tertiary/aromatic N) is 1. The highest BCUT2D eigenvalue weighted by molar-refractivity contribution is 6.30. The molecule has 0 aliphatic rings. The maximum absolute atomic E-state index is 11.6. The number of halogens is 1. The van der Waals surface area contributed by atoms with E-state index in [-0.39, 0.29) is 5.02 Å². The molecule has 0 saturated carbocycles. The minimum atomic E-state index is -0.558. The van der Waals surface area contributed by atoms with Gasteiger partial charge >= 0.3 is 5.69 Å². The van der Waals surface area contributed by atoms with Gasteiger partial charge in [0.15, 0.2) is 0 Å². The van der Waals surface area contributed by atoms with Gasteiger partial charge in [0, 0.05) is 6.20 Å². The lowest BCUT2D eigenvalue weighted by molar-refractivity contribution is 0.717. The van der Waals surface area contributed by atoms with Crippen LogP contribution >= 0.6 is 11.6 Å². The summed E-state index contributed by atoms with van der Waals surface area (Å²) in [6, 6.07) is 7.73. The van der Waals surface area contributed by atoms with Gasteiger partial charge in [0.05, 0.1) is 6.54 Å². The molecule has 0 bridgehead atoms. The average Bonchev–Trinajstić information content (AvgIpc) is 2.29. The third-order valence-corrected chi connectivity index (χ3v) is 2.84. The number of H-pyrrole nitrogens is 1. The summed E-state index contributed by atoms with van der Waals surface area (Å²) in [6.45, 7) is 2.36. The molecule has 2 aromatic rings. The Kier molecular flexibility index (Phi) is 3.15. The summed E-state index contributed by atoms with van der Waals surface area (Å²) in [5.41, 5.74) is 1.08. The van der Waals surface area contributed by atoms with Gasteiger partial charge < -0.3 is 0 Å². The maximum Gasteiger partial charge on any atom is 0.328 e. The zero-order valence-electron chi connectivity index (χ0n) is 9.24. The highest BCUT2D eigenvalue weighted by Gasteiger charge is 2.04. The van der Waals surface area contributed by atoms with Crippen LogP contribution in [0.3, 0.4) is 0 Å². The van der Waals surface area contributed by atoms with E-state index in [4.69, 9.17) is 11.6 Å². The quantitative estimate of drug-likeness (QED) is 0.879. The Balaban J connectivity index is 2.44. The van der Waals surface area contributed by atoms with Gasteiger partial charge in [-0.2, -0.15) is 0 Å². The minimum absolute atomic E-state index is 0.0122. The molecule has 2 rings (SSSR count). The van der Waals surface area contributed by atoms with Crippen molar-refractivity contribution in [1.82, 2.24) is 9.55 Å². The Bertz CT molecular complexity index is 658. The van der Waals surface area contributed by atoms with E-state index < -0.39 is 11.2 Å². The van der Waals surface area contributed by atoms with Crippen LogP contribution in [-0.2, 0) is 6.54 Å². The Morgan fingerprint density at radius 2 is 2.00 bits per heavy atom. The van der Waals surface area contributed by atoms with Gasteiger partial charge in [-0.25, -0.2) is 4.79 Å². The molecule has 17 heavy (non-hydrogen) atoms. The van der Waals surface area contributed by atoms with Crippen molar-refractivity contribution in [2.24, 2.45) is 0 Å². The molecular formula is C12H11ClN2O2. The van der Waals surface area contributed by atoms with Crippen molar-refractivity contribution < 1.29 is 0 Å². The fourth-order valence-electron chi connectivity index (χ4n) is 1.57. The lowest BCUT2D eigenvalue weighted by Gasteiger charge is -2.07. The normalized spacial score (nSPS) is 10.5. The predicted octanol–water partition coefficient (Wildman–Crippen LogP) is 1.55. The van der Waals surface area contributed by atoms with Gasteiger partial charge in [0.1, 0.15) is 5.02 Å². The fraction of sp³-hybridized carbons (Fsp3) is 0.167. The van der Waals surface area contributed by atoms with E-state index in [1.54, 1.807) is 0 Å². The Morgan fingerprint density at radius 1 is 1.29 bits per heavy atom. The number of nitrogens with one attached hydrogen (secondary N) is 1. The lowest BCUT2D eigenvalue weighted by atomic mass is 10.1. The molecule has 0 unspecified atom stereocenters. The molecule has 0 aliphatic carbocycles. The third kappa shape index (κ3) is 2.47. The number of hydrogen-bond donors (Lipinski definition) is 1. The van der Waals surface area contributed by atoms with Crippen molar-refractivity contribution in [3.8, 4) is 0 Å². The SMILES string of the molecule is Cc1ccccc1Cn1cc(Cl)c(=O)[nH]c1=O. The van der Waals surface area contributed by atoms with Gasteiger partial charge in [0.2, 0.25) is 0 Å². The number of aromatic nitrogens is 2. The molecular weight excluding hydrogens is 240 g/mol. The van der Waals surface area contributed by atoms with Gasteiger partial charge in [-0.15, -0.1) is 0 Å². The molecule has 1 N–H and O–H groups in total. The molecule has 0 radical (unpaired) electrons. The molecule has 4 nitrogen and oxygen atoms in total. The first-order chi connectivity index (χ1) is 8.08. The molecule has 0 spiro atoms. The van der Waals surface area contributed by atoms with Crippen molar-refractivity contribution in [2.45, 2.75) is 13.5 Å². The molecule has 0 amide bonds. The van der Waals surface area contributed by atoms with E-state index in [1.807, 2.05) is 31.2 Å². The summed E-state index contributed by atoms with van der Waals surface area (Å²) in [5.74, 6) is 0. The first kappa shape index (κ1) is 11.7. The van der Waals surface area contributed by atoms with E-state index >= 15 is 0 Å². The van der Waals surface area contributed by atoms with Crippen molar-refractivity contribution in [3.63, 3.8) is 0 Å². The van der Waals surface area contributed by atoms with E-state index in [0.29, 0.717) is 6.54 Å². The Hall–Kier alpha value is -1.81. The van der Waals surface area contributed by atoms with Gasteiger partial charge in [-0.1, -0.05) is 35.9 Å². The number of rotatable bonds is 2. The molecule has 0 aliphatic heterocycles. The molecule has 1 heterocycles. The summed E-state index contributed by atoms with van der Waals surface area (Å²) in [7, 11) is 0. The van der Waals surface area contributed by atoms with E-state index in [9.17, 15) is 9.59 Å². The molecule has 1 aromatic heterocycles. The van der Waals surface area contributed by atoms with E-state index in [1.165, 1.54) is 10.8 Å². The van der Waals surface area contributed by atoms with Crippen LogP contribution in [0.1, 0.15) is 11.1 Å². The second kappa shape index (κ2) is 4.59. The van der Waals surface area contributed by atoms with Crippen molar-refractivity contribution in [1.29, 1.82) is 0 Å². The molecule has 0 fully saturated rings. The van der Waals surface area contributed by atoms with Gasteiger partial charge in [-0.05, 0) is 18.1 Å². The summed E-state index contributed by atoms with van der Waals surface area (Å²) in [4.78, 5) is 24.8. The minimum Gasteiger partial charge on any atom is -0.295 e. The summed E-state index contributed by atoms with van der Waals surface area (Å²) >= 11 is 5.69. The van der Waals surface area contributed by atoms with Crippen molar-refractivity contribution >= 4 is 11.6 Å². The second-order valence-corrected chi connectivity index (χ2v) is 4.20. The third-order valence-electron chi connectivity index (χ3n) is 2.57. The predicted molar refractivity (Wildman–Crippen MR) is 66.6 cm³/mol. The van der Waals surface area contributed by atoms with Crippen LogP contribution in [-0.4, -0.2) is 9.55 Å². The molecule has 0 atom stereocenters. The van der Waals surface area contributed by atoms with Crippen LogP contribution in [0.5, 0.6) is 0 Å². The first-order valence-corrected chi connectivity index (χ1v) is 5.49. The molecule has 5 heteroatoms. The summed E-state index contributed by atoms with van der Waals surface area (Å²) < 4.78 is 1.38. The van der Waals surface area contributed by atoms with E-state index in [2.05, 4.69) is 4.98 Å². The van der Waals surface area contributed by atoms with Crippen LogP contribution in [0, 0.1) is 6.92 Å². The lowest BCUT2D eigenvalue weighted by Crippen LogP contribution is -2.30. The molecule has 1 aromatic carbocycles. The van der Waals surface area contributed by atoms with Crippen LogP contribution in [0.4, 0.5) is 0 Å². The van der Waals surface area contributed by atoms with E-state index in [0.717, 1.165) is 11.1 Å². The summed E-state index contributed by atoms with van der Waals surface area (Å²) in [6.07, 6.45) is 1.36. The van der Waals surface area contributed by atoms with Crippen LogP contribution < -0.4 is 11.2 Å². The zero-order chi connectivity index (χ0) is 12.4. The largest absolute Gasteiger partial charge is 0.328 e. The maximum atomic E-state index is 11.6. The Labute approximate surface area is 102 Å². The topological polar surface area (TPSA) is 54.9 Å². The number of aryl methyl sites for hydroxylation is 1. The van der Waals surface area contributed by atoms with Crippen LogP contribution in [0.2, 0.25) is 5.02 Å². The Morgan fingerprint density at radius 3 is 2.71 bits per heavy atom. The smallest absolute Gasteiger partial charge is 0.295 e. The molecule has 0 saturated heterocycles. The van der Waals surface area contributed by atoms with Crippen molar-refractivity contribution in [3.05, 3.63) is 67.4 Å². The summed E-state index contributed by atoms with van der Waals surface area (Å²) in [5, 5.41) is 0.0122. The zero-order valence-corrected chi connectivity index (χ0v) is 9.99. The number of aromatic amines is 1. The van der Waals surface area contributed by atoms with Gasteiger partial charge in [-0.3, -0.25) is 14.3 Å². The standard InChI is InChI=1S/C12H11ClN2O2/c1-8-4-2-3-5-9(8)6-15-7-10(13)11(16)14-12(15)17/h2-5,7H,6H2,1H3,(H,14,16,17). The highest BCUT2D eigenvalue weighted by atomic mass is 35.5. The first-order valence-electron chi connectivity index (χ1n) is 5.11. The highest BCUT2D eigenvalue weighted by Crippen LogP contribution is 2.08. The number of benzene rings is 1. The van der Waals surface area contributed by atoms with Crippen LogP contribution in [0.15, 0.2) is 40.1 Å². The fourth-order valence-corrected chi connectivity index (χ4v) is 1.74. The van der Waals surface area contributed by atoms with Crippen molar-refractivity contribution in [2.75, 3.05) is 0 Å². The van der Waals surface area contributed by atoms with Crippen LogP contribution in [0.25, 0.3) is 0 Å². The monoisotopic (exact) mass is 250 g/mol. The van der Waals surface area contributed by atoms with Gasteiger partial charge in [0.25, 0.3) is 5.56 Å². The second-order valence-electron chi connectivity index (χ2n) is 3.79.